The van der Waals surface area contributed by atoms with Gasteiger partial charge in [0.1, 0.15) is 0 Å². The van der Waals surface area contributed by atoms with Crippen molar-refractivity contribution in [1.82, 2.24) is 0 Å². The highest BCUT2D eigenvalue weighted by Gasteiger charge is 2.16. The second kappa shape index (κ2) is 4.97. The normalized spacial score (nSPS) is 24.4. The number of nitrogens with zero attached hydrogens (tertiary/aromatic N) is 1. The Morgan fingerprint density at radius 2 is 2.54 bits per heavy atom. The lowest BCUT2D eigenvalue weighted by atomic mass is 10.0. The molecule has 0 aromatic heterocycles. The lowest BCUT2D eigenvalue weighted by Crippen LogP contribution is -2.16. The third-order valence-electron chi connectivity index (χ3n) is 2.22. The van der Waals surface area contributed by atoms with Crippen molar-refractivity contribution in [2.75, 3.05) is 13.2 Å². The minimum absolute atomic E-state index is 0.245. The molecule has 0 saturated carbocycles. The van der Waals surface area contributed by atoms with Crippen LogP contribution in [-0.4, -0.2) is 18.1 Å². The van der Waals surface area contributed by atoms with E-state index in [0.717, 1.165) is 19.4 Å². The van der Waals surface area contributed by atoms with E-state index < -0.39 is 0 Å². The van der Waals surface area contributed by atoms with Crippen molar-refractivity contribution in [2.24, 2.45) is 5.92 Å². The molecule has 1 aliphatic rings. The molecule has 1 saturated heterocycles. The molecule has 13 heavy (non-hydrogen) atoms. The van der Waals surface area contributed by atoms with Gasteiger partial charge < -0.3 is 4.74 Å². The van der Waals surface area contributed by atoms with Crippen LogP contribution in [-0.2, 0) is 4.74 Å². The zero-order chi connectivity index (χ0) is 9.68. The molecule has 0 spiro atoms. The van der Waals surface area contributed by atoms with E-state index >= 15 is 0 Å². The summed E-state index contributed by atoms with van der Waals surface area (Å²) in [5.74, 6) is 0.245. The fourth-order valence-corrected chi connectivity index (χ4v) is 1.48. The number of nitro groups is 1. The first-order chi connectivity index (χ1) is 6.24. The van der Waals surface area contributed by atoms with Crippen LogP contribution in [0.3, 0.4) is 0 Å². The summed E-state index contributed by atoms with van der Waals surface area (Å²) >= 11 is 0. The van der Waals surface area contributed by atoms with Crippen LogP contribution in [0.25, 0.3) is 0 Å². The monoisotopic (exact) mass is 185 g/mol. The van der Waals surface area contributed by atoms with Crippen molar-refractivity contribution >= 4 is 0 Å². The molecule has 0 aromatic rings. The minimum atomic E-state index is -0.297. The van der Waals surface area contributed by atoms with Gasteiger partial charge in [-0.05, 0) is 18.9 Å². The Morgan fingerprint density at radius 3 is 3.00 bits per heavy atom. The SMILES string of the molecule is CCC(=CC1CCCOC1)[N+](=O)[O-]. The average molecular weight is 185 g/mol. The molecule has 1 atom stereocenters. The molecular formula is C9H15NO3. The highest BCUT2D eigenvalue weighted by molar-refractivity contribution is 4.95. The van der Waals surface area contributed by atoms with Crippen LogP contribution in [0.4, 0.5) is 0 Å². The molecule has 1 fully saturated rings. The smallest absolute Gasteiger partial charge is 0.242 e. The zero-order valence-corrected chi connectivity index (χ0v) is 7.86. The summed E-state index contributed by atoms with van der Waals surface area (Å²) in [6.07, 6.45) is 4.26. The lowest BCUT2D eigenvalue weighted by molar-refractivity contribution is -0.428. The van der Waals surface area contributed by atoms with Crippen LogP contribution in [0.15, 0.2) is 11.8 Å². The van der Waals surface area contributed by atoms with Crippen molar-refractivity contribution in [3.63, 3.8) is 0 Å². The number of allylic oxidation sites excluding steroid dienone is 1. The van der Waals surface area contributed by atoms with Gasteiger partial charge in [0, 0.05) is 18.9 Å². The van der Waals surface area contributed by atoms with Crippen molar-refractivity contribution in [3.8, 4) is 0 Å². The molecule has 4 nitrogen and oxygen atoms in total. The van der Waals surface area contributed by atoms with E-state index in [0.29, 0.717) is 18.7 Å². The minimum Gasteiger partial charge on any atom is -0.381 e. The summed E-state index contributed by atoms with van der Waals surface area (Å²) in [6.45, 7) is 3.24. The van der Waals surface area contributed by atoms with Crippen LogP contribution in [0.1, 0.15) is 26.2 Å². The number of ether oxygens (including phenoxy) is 1. The van der Waals surface area contributed by atoms with Crippen LogP contribution >= 0.6 is 0 Å². The van der Waals surface area contributed by atoms with Gasteiger partial charge in [0.25, 0.3) is 0 Å². The standard InChI is InChI=1S/C9H15NO3/c1-2-9(10(11)12)6-8-4-3-5-13-7-8/h6,8H,2-5,7H2,1H3. The van der Waals surface area contributed by atoms with E-state index in [1.165, 1.54) is 0 Å². The van der Waals surface area contributed by atoms with Gasteiger partial charge in [-0.3, -0.25) is 10.1 Å². The number of rotatable bonds is 3. The summed E-state index contributed by atoms with van der Waals surface area (Å²) in [5, 5.41) is 10.5. The van der Waals surface area contributed by atoms with Gasteiger partial charge in [0.15, 0.2) is 0 Å². The molecule has 0 bridgehead atoms. The Balaban J connectivity index is 2.54. The maximum absolute atomic E-state index is 10.5. The van der Waals surface area contributed by atoms with E-state index in [4.69, 9.17) is 4.74 Å². The maximum atomic E-state index is 10.5. The topological polar surface area (TPSA) is 52.4 Å². The Hall–Kier alpha value is -0.900. The summed E-state index contributed by atoms with van der Waals surface area (Å²) in [7, 11) is 0. The van der Waals surface area contributed by atoms with Gasteiger partial charge in [-0.1, -0.05) is 6.92 Å². The average Bonchev–Trinajstić information content (AvgIpc) is 2.15. The molecule has 1 heterocycles. The molecule has 1 unspecified atom stereocenters. The van der Waals surface area contributed by atoms with E-state index in [9.17, 15) is 10.1 Å². The summed E-state index contributed by atoms with van der Waals surface area (Å²) in [5.41, 5.74) is 0.315. The highest BCUT2D eigenvalue weighted by Crippen LogP contribution is 2.17. The molecule has 0 amide bonds. The molecule has 0 aliphatic carbocycles. The zero-order valence-electron chi connectivity index (χ0n) is 7.86. The largest absolute Gasteiger partial charge is 0.381 e. The fraction of sp³-hybridized carbons (Fsp3) is 0.778. The van der Waals surface area contributed by atoms with Crippen molar-refractivity contribution in [2.45, 2.75) is 26.2 Å². The van der Waals surface area contributed by atoms with Gasteiger partial charge in [0.2, 0.25) is 5.70 Å². The molecule has 0 N–H and O–H groups in total. The first-order valence-corrected chi connectivity index (χ1v) is 4.67. The van der Waals surface area contributed by atoms with Crippen molar-refractivity contribution in [3.05, 3.63) is 21.9 Å². The second-order valence-corrected chi connectivity index (χ2v) is 3.25. The fourth-order valence-electron chi connectivity index (χ4n) is 1.48. The molecule has 1 aliphatic heterocycles. The molecule has 0 radical (unpaired) electrons. The van der Waals surface area contributed by atoms with Crippen molar-refractivity contribution in [1.29, 1.82) is 0 Å². The lowest BCUT2D eigenvalue weighted by Gasteiger charge is -2.18. The second-order valence-electron chi connectivity index (χ2n) is 3.25. The van der Waals surface area contributed by atoms with Gasteiger partial charge in [0.05, 0.1) is 11.5 Å². The Morgan fingerprint density at radius 1 is 1.77 bits per heavy atom. The molecule has 1 rings (SSSR count). The molecule has 0 aromatic carbocycles. The summed E-state index contributed by atoms with van der Waals surface area (Å²) in [4.78, 5) is 10.2. The number of hydrogen-bond donors (Lipinski definition) is 0. The van der Waals surface area contributed by atoms with Crippen LogP contribution in [0, 0.1) is 16.0 Å². The van der Waals surface area contributed by atoms with Crippen LogP contribution in [0.2, 0.25) is 0 Å². The highest BCUT2D eigenvalue weighted by atomic mass is 16.6. The first-order valence-electron chi connectivity index (χ1n) is 4.67. The van der Waals surface area contributed by atoms with Crippen LogP contribution in [0.5, 0.6) is 0 Å². The quantitative estimate of drug-likeness (QED) is 0.499. The number of hydrogen-bond acceptors (Lipinski definition) is 3. The van der Waals surface area contributed by atoms with E-state index in [2.05, 4.69) is 0 Å². The summed E-state index contributed by atoms with van der Waals surface area (Å²) < 4.78 is 5.24. The van der Waals surface area contributed by atoms with Crippen LogP contribution < -0.4 is 0 Å². The third kappa shape index (κ3) is 3.14. The predicted octanol–water partition coefficient (Wildman–Crippen LogP) is 1.98. The summed E-state index contributed by atoms with van der Waals surface area (Å²) in [6, 6.07) is 0. The molecular weight excluding hydrogens is 170 g/mol. The van der Waals surface area contributed by atoms with Gasteiger partial charge in [-0.2, -0.15) is 0 Å². The van der Waals surface area contributed by atoms with Gasteiger partial charge in [-0.25, -0.2) is 0 Å². The predicted molar refractivity (Wildman–Crippen MR) is 48.9 cm³/mol. The van der Waals surface area contributed by atoms with Crippen molar-refractivity contribution < 1.29 is 9.66 Å². The Labute approximate surface area is 77.7 Å². The van der Waals surface area contributed by atoms with E-state index in [1.54, 1.807) is 13.0 Å². The van der Waals surface area contributed by atoms with E-state index in [1.807, 2.05) is 0 Å². The van der Waals surface area contributed by atoms with Gasteiger partial charge >= 0.3 is 0 Å². The molecule has 4 heteroatoms. The molecule has 74 valence electrons. The van der Waals surface area contributed by atoms with E-state index in [-0.39, 0.29) is 10.8 Å². The third-order valence-corrected chi connectivity index (χ3v) is 2.22. The Bertz CT molecular complexity index is 207. The maximum Gasteiger partial charge on any atom is 0.242 e. The van der Waals surface area contributed by atoms with Gasteiger partial charge in [-0.15, -0.1) is 0 Å². The first kappa shape index (κ1) is 10.2. The Kier molecular flexibility index (Phi) is 3.89.